The molecule has 0 bridgehead atoms. The molecule has 0 radical (unpaired) electrons. The van der Waals surface area contributed by atoms with Crippen LogP contribution in [-0.4, -0.2) is 6.61 Å². The van der Waals surface area contributed by atoms with Gasteiger partial charge in [-0.15, -0.1) is 0 Å². The number of benzene rings is 1. The summed E-state index contributed by atoms with van der Waals surface area (Å²) >= 11 is 0. The molecular weight excluding hydrogens is 188 g/mol. The molecule has 0 saturated heterocycles. The van der Waals surface area contributed by atoms with Crippen LogP contribution in [0.4, 0.5) is 8.78 Å². The van der Waals surface area contributed by atoms with E-state index in [1.807, 2.05) is 0 Å². The van der Waals surface area contributed by atoms with E-state index in [1.165, 1.54) is 6.07 Å². The standard InChI is InChI=1S/C10H11F2NO/c11-10(12)6-2-1-3-8-9(6)7(13)4-5-14-8/h1-3,7,10H,4-5,13H2. The van der Waals surface area contributed by atoms with Crippen LogP contribution in [0.2, 0.25) is 0 Å². The zero-order valence-corrected chi connectivity index (χ0v) is 7.54. The van der Waals surface area contributed by atoms with Crippen LogP contribution >= 0.6 is 0 Å². The highest BCUT2D eigenvalue weighted by Gasteiger charge is 2.24. The van der Waals surface area contributed by atoms with Crippen molar-refractivity contribution >= 4 is 0 Å². The van der Waals surface area contributed by atoms with Crippen LogP contribution in [0.5, 0.6) is 5.75 Å². The van der Waals surface area contributed by atoms with Crippen molar-refractivity contribution in [3.63, 3.8) is 0 Å². The Hall–Kier alpha value is -1.16. The maximum atomic E-state index is 12.6. The van der Waals surface area contributed by atoms with Gasteiger partial charge in [0.15, 0.2) is 0 Å². The summed E-state index contributed by atoms with van der Waals surface area (Å²) in [5.74, 6) is 0.501. The lowest BCUT2D eigenvalue weighted by atomic mass is 9.96. The average Bonchev–Trinajstić information content (AvgIpc) is 2.17. The molecule has 1 aliphatic heterocycles. The van der Waals surface area contributed by atoms with Gasteiger partial charge < -0.3 is 10.5 Å². The number of halogens is 2. The van der Waals surface area contributed by atoms with Crippen LogP contribution in [0.15, 0.2) is 18.2 Å². The molecule has 2 rings (SSSR count). The lowest BCUT2D eigenvalue weighted by molar-refractivity contribution is 0.147. The second-order valence-corrected chi connectivity index (χ2v) is 3.30. The molecule has 0 saturated carbocycles. The van der Waals surface area contributed by atoms with E-state index in [0.29, 0.717) is 24.3 Å². The van der Waals surface area contributed by atoms with Gasteiger partial charge in [-0.1, -0.05) is 12.1 Å². The summed E-state index contributed by atoms with van der Waals surface area (Å²) in [5, 5.41) is 0. The lowest BCUT2D eigenvalue weighted by Crippen LogP contribution is -2.22. The minimum atomic E-state index is -2.49. The molecule has 1 aromatic carbocycles. The smallest absolute Gasteiger partial charge is 0.264 e. The van der Waals surface area contributed by atoms with Crippen molar-refractivity contribution in [2.45, 2.75) is 18.9 Å². The molecule has 0 spiro atoms. The van der Waals surface area contributed by atoms with Gasteiger partial charge in [0.05, 0.1) is 6.61 Å². The van der Waals surface area contributed by atoms with E-state index in [9.17, 15) is 8.78 Å². The van der Waals surface area contributed by atoms with Crippen molar-refractivity contribution in [3.05, 3.63) is 29.3 Å². The number of nitrogens with two attached hydrogens (primary N) is 1. The molecule has 1 aliphatic rings. The van der Waals surface area contributed by atoms with Crippen LogP contribution in [0.25, 0.3) is 0 Å². The molecule has 1 unspecified atom stereocenters. The van der Waals surface area contributed by atoms with Gasteiger partial charge in [-0.05, 0) is 6.07 Å². The van der Waals surface area contributed by atoms with Crippen LogP contribution < -0.4 is 10.5 Å². The third-order valence-electron chi connectivity index (χ3n) is 2.39. The van der Waals surface area contributed by atoms with Gasteiger partial charge >= 0.3 is 0 Å². The first-order valence-corrected chi connectivity index (χ1v) is 4.49. The molecule has 0 amide bonds. The highest BCUT2D eigenvalue weighted by Crippen LogP contribution is 2.37. The van der Waals surface area contributed by atoms with Crippen LogP contribution in [0.1, 0.15) is 30.0 Å². The molecule has 0 aromatic heterocycles. The summed E-state index contributed by atoms with van der Waals surface area (Å²) < 4.78 is 30.5. The maximum Gasteiger partial charge on any atom is 0.264 e. The Morgan fingerprint density at radius 3 is 2.93 bits per heavy atom. The minimum Gasteiger partial charge on any atom is -0.493 e. The summed E-state index contributed by atoms with van der Waals surface area (Å²) in [4.78, 5) is 0. The van der Waals surface area contributed by atoms with E-state index in [0.717, 1.165) is 0 Å². The predicted molar refractivity (Wildman–Crippen MR) is 48.4 cm³/mol. The second kappa shape index (κ2) is 3.53. The van der Waals surface area contributed by atoms with E-state index >= 15 is 0 Å². The van der Waals surface area contributed by atoms with E-state index in [4.69, 9.17) is 10.5 Å². The first-order valence-electron chi connectivity index (χ1n) is 4.49. The monoisotopic (exact) mass is 199 g/mol. The van der Waals surface area contributed by atoms with E-state index in [-0.39, 0.29) is 11.6 Å². The Morgan fingerprint density at radius 1 is 1.43 bits per heavy atom. The molecule has 1 aromatic rings. The fourth-order valence-corrected chi connectivity index (χ4v) is 1.71. The molecule has 1 atom stereocenters. The summed E-state index contributed by atoms with van der Waals surface area (Å²) in [6.07, 6.45) is -1.89. The van der Waals surface area contributed by atoms with Crippen molar-refractivity contribution in [2.75, 3.05) is 6.61 Å². The van der Waals surface area contributed by atoms with Gasteiger partial charge in [0, 0.05) is 23.6 Å². The minimum absolute atomic E-state index is 0.00491. The van der Waals surface area contributed by atoms with Crippen LogP contribution in [0.3, 0.4) is 0 Å². The molecule has 1 heterocycles. The normalized spacial score (nSPS) is 20.4. The van der Waals surface area contributed by atoms with Gasteiger partial charge in [-0.3, -0.25) is 0 Å². The number of rotatable bonds is 1. The number of alkyl halides is 2. The van der Waals surface area contributed by atoms with Crippen LogP contribution in [0, 0.1) is 0 Å². The highest BCUT2D eigenvalue weighted by molar-refractivity contribution is 5.44. The van der Waals surface area contributed by atoms with Crippen molar-refractivity contribution in [3.8, 4) is 5.75 Å². The molecule has 14 heavy (non-hydrogen) atoms. The van der Waals surface area contributed by atoms with Gasteiger partial charge in [0.25, 0.3) is 6.43 Å². The van der Waals surface area contributed by atoms with Crippen molar-refractivity contribution in [1.82, 2.24) is 0 Å². The van der Waals surface area contributed by atoms with Crippen molar-refractivity contribution in [1.29, 1.82) is 0 Å². The Morgan fingerprint density at radius 2 is 2.21 bits per heavy atom. The van der Waals surface area contributed by atoms with Gasteiger partial charge in [0.1, 0.15) is 5.75 Å². The zero-order valence-electron chi connectivity index (χ0n) is 7.54. The van der Waals surface area contributed by atoms with E-state index in [2.05, 4.69) is 0 Å². The van der Waals surface area contributed by atoms with Gasteiger partial charge in [-0.25, -0.2) is 8.78 Å². The van der Waals surface area contributed by atoms with Gasteiger partial charge in [0.2, 0.25) is 0 Å². The third-order valence-corrected chi connectivity index (χ3v) is 2.39. The Bertz CT molecular complexity index is 341. The fraction of sp³-hybridized carbons (Fsp3) is 0.400. The third kappa shape index (κ3) is 1.46. The quantitative estimate of drug-likeness (QED) is 0.753. The number of hydrogen-bond donors (Lipinski definition) is 1. The highest BCUT2D eigenvalue weighted by atomic mass is 19.3. The molecule has 0 fully saturated rings. The molecule has 76 valence electrons. The first kappa shape index (κ1) is 9.40. The maximum absolute atomic E-state index is 12.6. The Labute approximate surface area is 80.7 Å². The Balaban J connectivity index is 2.52. The van der Waals surface area contributed by atoms with E-state index < -0.39 is 6.43 Å². The molecule has 4 heteroatoms. The van der Waals surface area contributed by atoms with Crippen LogP contribution in [-0.2, 0) is 0 Å². The molecule has 0 aliphatic carbocycles. The molecule has 2 nitrogen and oxygen atoms in total. The fourth-order valence-electron chi connectivity index (χ4n) is 1.71. The molecule has 2 N–H and O–H groups in total. The first-order chi connectivity index (χ1) is 6.70. The average molecular weight is 199 g/mol. The van der Waals surface area contributed by atoms with Crippen molar-refractivity contribution in [2.24, 2.45) is 5.73 Å². The van der Waals surface area contributed by atoms with E-state index in [1.54, 1.807) is 12.1 Å². The number of hydrogen-bond acceptors (Lipinski definition) is 2. The van der Waals surface area contributed by atoms with Gasteiger partial charge in [-0.2, -0.15) is 0 Å². The predicted octanol–water partition coefficient (Wildman–Crippen LogP) is 2.41. The second-order valence-electron chi connectivity index (χ2n) is 3.30. The zero-order chi connectivity index (χ0) is 10.1. The summed E-state index contributed by atoms with van der Waals surface area (Å²) in [6, 6.07) is 4.32. The SMILES string of the molecule is NC1CCOc2cccc(C(F)F)c21. The number of fused-ring (bicyclic) bond motifs is 1. The summed E-state index contributed by atoms with van der Waals surface area (Å²) in [5.41, 5.74) is 6.23. The summed E-state index contributed by atoms with van der Waals surface area (Å²) in [6.45, 7) is 0.501. The lowest BCUT2D eigenvalue weighted by Gasteiger charge is -2.25. The number of ether oxygens (including phenoxy) is 1. The molecular formula is C10H11F2NO. The van der Waals surface area contributed by atoms with Crippen molar-refractivity contribution < 1.29 is 13.5 Å². The topological polar surface area (TPSA) is 35.2 Å². The largest absolute Gasteiger partial charge is 0.493 e. The Kier molecular flexibility index (Phi) is 2.37. The summed E-state index contributed by atoms with van der Waals surface area (Å²) in [7, 11) is 0.